The Kier molecular flexibility index (Phi) is 18.6. The first-order chi connectivity index (χ1) is 10.8. The Balaban J connectivity index is -0.000000372. The van der Waals surface area contributed by atoms with Crippen LogP contribution >= 0.6 is 0 Å². The third-order valence-corrected chi connectivity index (χ3v) is 3.62. The van der Waals surface area contributed by atoms with E-state index in [1.54, 1.807) is 0 Å². The summed E-state index contributed by atoms with van der Waals surface area (Å²) in [7, 11) is 0. The number of carboxylic acids is 2. The predicted octanol–water partition coefficient (Wildman–Crippen LogP) is 3.46. The van der Waals surface area contributed by atoms with Gasteiger partial charge in [-0.3, -0.25) is 0 Å². The minimum absolute atomic E-state index is 0. The van der Waals surface area contributed by atoms with E-state index in [4.69, 9.17) is 0 Å². The first-order valence-electron chi connectivity index (χ1n) is 9.23. The van der Waals surface area contributed by atoms with Crippen molar-refractivity contribution in [1.82, 2.24) is 0 Å². The first-order valence-corrected chi connectivity index (χ1v) is 9.23. The van der Waals surface area contributed by atoms with E-state index in [0.717, 1.165) is 38.5 Å². The summed E-state index contributed by atoms with van der Waals surface area (Å²) in [6.45, 7) is 13.2. The molecule has 0 spiro atoms. The molecule has 0 aromatic rings. The zero-order valence-electron chi connectivity index (χ0n) is 17.0. The van der Waals surface area contributed by atoms with Crippen LogP contribution in [0.4, 0.5) is 0 Å². The summed E-state index contributed by atoms with van der Waals surface area (Å²) >= 11 is 0. The molecule has 0 aliphatic rings. The zero-order valence-corrected chi connectivity index (χ0v) is 18.6. The molecule has 0 atom stereocenters. The number of aliphatic carboxylic acids is 2. The summed E-state index contributed by atoms with van der Waals surface area (Å²) in [6.07, 6.45) is 8.54. The SMILES string of the molecule is CC(C)(C)CCCCCC(=O)[O-].CC(C)(C)CCCCCC(=O)[O-].[Pd+2]. The molecular weight excluding hydrogens is 411 g/mol. The van der Waals surface area contributed by atoms with E-state index in [0.29, 0.717) is 10.8 Å². The molecule has 0 bridgehead atoms. The summed E-state index contributed by atoms with van der Waals surface area (Å²) in [5.41, 5.74) is 0.753. The first kappa shape index (κ1) is 29.4. The topological polar surface area (TPSA) is 80.3 Å². The van der Waals surface area contributed by atoms with Gasteiger partial charge in [0, 0.05) is 11.9 Å². The fourth-order valence-corrected chi connectivity index (χ4v) is 2.20. The summed E-state index contributed by atoms with van der Waals surface area (Å²) < 4.78 is 0. The number of hydrogen-bond acceptors (Lipinski definition) is 4. The molecule has 0 saturated heterocycles. The Morgan fingerprint density at radius 1 is 0.600 bits per heavy atom. The molecule has 0 aliphatic heterocycles. The van der Waals surface area contributed by atoms with Gasteiger partial charge in [0.1, 0.15) is 0 Å². The van der Waals surface area contributed by atoms with Crippen molar-refractivity contribution in [3.63, 3.8) is 0 Å². The van der Waals surface area contributed by atoms with Crippen molar-refractivity contribution < 1.29 is 40.2 Å². The molecule has 0 aromatic carbocycles. The second kappa shape index (κ2) is 15.8. The van der Waals surface area contributed by atoms with Gasteiger partial charge in [0.25, 0.3) is 0 Å². The van der Waals surface area contributed by atoms with Crippen LogP contribution in [0.2, 0.25) is 0 Å². The number of hydrogen-bond donors (Lipinski definition) is 0. The van der Waals surface area contributed by atoms with Crippen LogP contribution in [0.1, 0.15) is 106 Å². The number of rotatable bonds is 10. The van der Waals surface area contributed by atoms with Crippen LogP contribution in [0.25, 0.3) is 0 Å². The Morgan fingerprint density at radius 2 is 0.880 bits per heavy atom. The molecule has 0 rings (SSSR count). The van der Waals surface area contributed by atoms with Gasteiger partial charge in [0.2, 0.25) is 0 Å². The molecule has 0 saturated carbocycles. The Morgan fingerprint density at radius 3 is 1.08 bits per heavy atom. The Labute approximate surface area is 168 Å². The molecule has 152 valence electrons. The van der Waals surface area contributed by atoms with Crippen LogP contribution in [0, 0.1) is 10.8 Å². The van der Waals surface area contributed by atoms with E-state index in [9.17, 15) is 19.8 Å². The van der Waals surface area contributed by atoms with Crippen molar-refractivity contribution in [2.45, 2.75) is 106 Å². The molecule has 0 radical (unpaired) electrons. The van der Waals surface area contributed by atoms with Gasteiger partial charge in [-0.15, -0.1) is 0 Å². The zero-order chi connectivity index (χ0) is 19.2. The quantitative estimate of drug-likeness (QED) is 0.378. The monoisotopic (exact) mass is 448 g/mol. The van der Waals surface area contributed by atoms with Crippen LogP contribution in [0.3, 0.4) is 0 Å². The molecular formula is C20H38O4Pd. The third kappa shape index (κ3) is 35.5. The van der Waals surface area contributed by atoms with Gasteiger partial charge in [0.05, 0.1) is 0 Å². The molecule has 0 amide bonds. The Hall–Kier alpha value is -0.398. The average molecular weight is 449 g/mol. The van der Waals surface area contributed by atoms with Crippen molar-refractivity contribution >= 4 is 11.9 Å². The maximum atomic E-state index is 10.0. The molecule has 4 nitrogen and oxygen atoms in total. The van der Waals surface area contributed by atoms with Gasteiger partial charge < -0.3 is 19.8 Å². The van der Waals surface area contributed by atoms with Gasteiger partial charge in [-0.05, 0) is 49.4 Å². The number of unbranched alkanes of at least 4 members (excludes halogenated alkanes) is 4. The van der Waals surface area contributed by atoms with Gasteiger partial charge >= 0.3 is 20.4 Å². The minimum Gasteiger partial charge on any atom is -0.550 e. The van der Waals surface area contributed by atoms with E-state index in [1.165, 1.54) is 12.8 Å². The number of carbonyl (C=O) groups is 2. The maximum Gasteiger partial charge on any atom is 2.00 e. The van der Waals surface area contributed by atoms with Gasteiger partial charge in [-0.25, -0.2) is 0 Å². The molecule has 0 aromatic heterocycles. The normalized spacial score (nSPS) is 11.1. The van der Waals surface area contributed by atoms with E-state index < -0.39 is 11.9 Å². The summed E-state index contributed by atoms with van der Waals surface area (Å²) in [5.74, 6) is -1.85. The second-order valence-electron chi connectivity index (χ2n) is 8.99. The fraction of sp³-hybridized carbons (Fsp3) is 0.900. The van der Waals surface area contributed by atoms with Gasteiger partial charge in [-0.2, -0.15) is 0 Å². The Bertz CT molecular complexity index is 307. The van der Waals surface area contributed by atoms with Crippen LogP contribution in [-0.4, -0.2) is 11.9 Å². The van der Waals surface area contributed by atoms with Crippen LogP contribution in [0.5, 0.6) is 0 Å². The van der Waals surface area contributed by atoms with E-state index in [1.807, 2.05) is 0 Å². The largest absolute Gasteiger partial charge is 2.00 e. The van der Waals surface area contributed by atoms with Gasteiger partial charge in [0.15, 0.2) is 0 Å². The van der Waals surface area contributed by atoms with Crippen LogP contribution in [-0.2, 0) is 30.0 Å². The standard InChI is InChI=1S/2C10H20O2.Pd/c2*1-10(2,3)8-6-4-5-7-9(11)12;/h2*4-8H2,1-3H3,(H,11,12);/q;;+2/p-2. The van der Waals surface area contributed by atoms with E-state index >= 15 is 0 Å². The van der Waals surface area contributed by atoms with Crippen molar-refractivity contribution in [2.24, 2.45) is 10.8 Å². The minimum atomic E-state index is -0.925. The third-order valence-electron chi connectivity index (χ3n) is 3.62. The molecule has 5 heteroatoms. The summed E-state index contributed by atoms with van der Waals surface area (Å²) in [5, 5.41) is 20.1. The maximum absolute atomic E-state index is 10.0. The van der Waals surface area contributed by atoms with Crippen molar-refractivity contribution in [3.05, 3.63) is 0 Å². The fourth-order valence-electron chi connectivity index (χ4n) is 2.20. The molecule has 0 fully saturated rings. The predicted molar refractivity (Wildman–Crippen MR) is 95.1 cm³/mol. The van der Waals surface area contributed by atoms with Crippen molar-refractivity contribution in [2.75, 3.05) is 0 Å². The molecule has 25 heavy (non-hydrogen) atoms. The molecule has 0 heterocycles. The number of carbonyl (C=O) groups excluding carboxylic acids is 2. The average Bonchev–Trinajstić information content (AvgIpc) is 2.35. The van der Waals surface area contributed by atoms with Crippen LogP contribution < -0.4 is 10.2 Å². The van der Waals surface area contributed by atoms with E-state index in [-0.39, 0.29) is 33.3 Å². The smallest absolute Gasteiger partial charge is 0.550 e. The summed E-state index contributed by atoms with van der Waals surface area (Å²) in [4.78, 5) is 20.1. The summed E-state index contributed by atoms with van der Waals surface area (Å²) in [6, 6.07) is 0. The van der Waals surface area contributed by atoms with E-state index in [2.05, 4.69) is 41.5 Å². The van der Waals surface area contributed by atoms with Gasteiger partial charge in [-0.1, -0.05) is 67.2 Å². The molecule has 0 N–H and O–H groups in total. The van der Waals surface area contributed by atoms with Crippen molar-refractivity contribution in [1.29, 1.82) is 0 Å². The number of carboxylic acid groups (broad SMARTS) is 2. The second-order valence-corrected chi connectivity index (χ2v) is 8.99. The molecule has 0 aliphatic carbocycles. The molecule has 0 unspecified atom stereocenters. The van der Waals surface area contributed by atoms with Crippen LogP contribution in [0.15, 0.2) is 0 Å². The van der Waals surface area contributed by atoms with Crippen molar-refractivity contribution in [3.8, 4) is 0 Å².